The fourth-order valence-electron chi connectivity index (χ4n) is 2.76. The molecule has 0 unspecified atom stereocenters. The molecular weight excluding hydrogens is 455 g/mol. The van der Waals surface area contributed by atoms with E-state index < -0.39 is 0 Å². The maximum absolute atomic E-state index is 12.9. The number of methoxy groups -OCH3 is 1. The number of anilines is 1. The van der Waals surface area contributed by atoms with Crippen LogP contribution in [0.1, 0.15) is 25.8 Å². The lowest BCUT2D eigenvalue weighted by Crippen LogP contribution is -2.21. The van der Waals surface area contributed by atoms with Gasteiger partial charge in [-0.15, -0.1) is 0 Å². The highest BCUT2D eigenvalue weighted by atomic mass is 127. The molecule has 0 N–H and O–H groups in total. The van der Waals surface area contributed by atoms with E-state index in [2.05, 4.69) is 34.6 Å². The smallest absolute Gasteiger partial charge is 0.280 e. The van der Waals surface area contributed by atoms with Crippen LogP contribution in [0.3, 0.4) is 0 Å². The lowest BCUT2D eigenvalue weighted by Gasteiger charge is -2.13. The summed E-state index contributed by atoms with van der Waals surface area (Å²) >= 11 is 2.23. The van der Waals surface area contributed by atoms with Crippen LogP contribution in [0, 0.1) is 3.57 Å². The Hall–Kier alpha value is -2.35. The summed E-state index contributed by atoms with van der Waals surface area (Å²) in [6.45, 7) is 4.53. The number of ether oxygens (including phenoxy) is 2. The van der Waals surface area contributed by atoms with E-state index >= 15 is 0 Å². The van der Waals surface area contributed by atoms with Gasteiger partial charge in [-0.05, 0) is 71.8 Å². The second-order valence-corrected chi connectivity index (χ2v) is 7.24. The molecule has 0 saturated carbocycles. The van der Waals surface area contributed by atoms with Gasteiger partial charge >= 0.3 is 0 Å². The van der Waals surface area contributed by atoms with Crippen molar-refractivity contribution in [1.29, 1.82) is 0 Å². The molecule has 0 bridgehead atoms. The third-order valence-corrected chi connectivity index (χ3v) is 4.88. The Balaban J connectivity index is 1.94. The Kier molecular flexibility index (Phi) is 6.15. The number of halogens is 1. The van der Waals surface area contributed by atoms with Crippen molar-refractivity contribution >= 4 is 46.0 Å². The molecule has 1 amide bonds. The first-order chi connectivity index (χ1) is 13.0. The summed E-state index contributed by atoms with van der Waals surface area (Å²) in [7, 11) is 1.62. The van der Waals surface area contributed by atoms with Gasteiger partial charge in [0.1, 0.15) is 0 Å². The van der Waals surface area contributed by atoms with Crippen molar-refractivity contribution in [2.45, 2.75) is 20.3 Å². The minimum Gasteiger partial charge on any atom is -0.493 e. The number of nitrogens with zero attached hydrogens (tertiary/aromatic N) is 2. The average Bonchev–Trinajstić information content (AvgIpc) is 2.95. The van der Waals surface area contributed by atoms with Gasteiger partial charge in [0.05, 0.1) is 34.3 Å². The quantitative estimate of drug-likeness (QED) is 0.441. The molecule has 1 aliphatic rings. The zero-order valence-electron chi connectivity index (χ0n) is 15.5. The van der Waals surface area contributed by atoms with Crippen LogP contribution in [0.2, 0.25) is 0 Å². The first kappa shape index (κ1) is 19.4. The molecule has 2 aromatic carbocycles. The number of carbonyl (C=O) groups is 1. The van der Waals surface area contributed by atoms with Gasteiger partial charge in [-0.2, -0.15) is 10.1 Å². The Labute approximate surface area is 172 Å². The molecule has 6 heteroatoms. The SMILES string of the molecule is CCCOc1c(I)cc(C=C2C(=O)N(c3ccccc3)N=C2C)cc1OC. The van der Waals surface area contributed by atoms with Crippen molar-refractivity contribution in [2.24, 2.45) is 5.10 Å². The van der Waals surface area contributed by atoms with Crippen LogP contribution in [-0.2, 0) is 4.79 Å². The van der Waals surface area contributed by atoms with Crippen LogP contribution in [0.25, 0.3) is 6.08 Å². The number of hydrogen-bond acceptors (Lipinski definition) is 4. The van der Waals surface area contributed by atoms with Crippen molar-refractivity contribution in [3.8, 4) is 11.5 Å². The molecule has 1 heterocycles. The van der Waals surface area contributed by atoms with E-state index in [4.69, 9.17) is 9.47 Å². The highest BCUT2D eigenvalue weighted by molar-refractivity contribution is 14.1. The molecule has 140 valence electrons. The predicted molar refractivity (Wildman–Crippen MR) is 117 cm³/mol. The third kappa shape index (κ3) is 4.16. The normalized spacial score (nSPS) is 15.3. The van der Waals surface area contributed by atoms with Gasteiger partial charge in [-0.25, -0.2) is 0 Å². The number of benzene rings is 2. The van der Waals surface area contributed by atoms with Crippen molar-refractivity contribution in [2.75, 3.05) is 18.7 Å². The van der Waals surface area contributed by atoms with Crippen molar-refractivity contribution < 1.29 is 14.3 Å². The van der Waals surface area contributed by atoms with Crippen LogP contribution in [0.5, 0.6) is 11.5 Å². The summed E-state index contributed by atoms with van der Waals surface area (Å²) in [6, 6.07) is 13.3. The fourth-order valence-corrected chi connectivity index (χ4v) is 3.54. The molecule has 2 aromatic rings. The number of hydrazone groups is 1. The Morgan fingerprint density at radius 3 is 2.63 bits per heavy atom. The number of amides is 1. The standard InChI is InChI=1S/C21H21IN2O3/c1-4-10-27-20-18(22)12-15(13-19(20)26-3)11-17-14(2)23-24(21(17)25)16-8-6-5-7-9-16/h5-9,11-13H,4,10H2,1-3H3. The number of rotatable bonds is 6. The number of hydrogen-bond donors (Lipinski definition) is 0. The summed E-state index contributed by atoms with van der Waals surface area (Å²) in [5, 5.41) is 5.85. The Morgan fingerprint density at radius 1 is 1.22 bits per heavy atom. The van der Waals surface area contributed by atoms with E-state index in [1.54, 1.807) is 7.11 Å². The van der Waals surface area contributed by atoms with Crippen molar-refractivity contribution in [3.05, 3.63) is 57.2 Å². The summed E-state index contributed by atoms with van der Waals surface area (Å²) in [6.07, 6.45) is 2.77. The number of para-hydroxylation sites is 1. The molecule has 0 spiro atoms. The van der Waals surface area contributed by atoms with E-state index in [-0.39, 0.29) is 5.91 Å². The number of carbonyl (C=O) groups excluding carboxylic acids is 1. The second kappa shape index (κ2) is 8.56. The summed E-state index contributed by atoms with van der Waals surface area (Å²) < 4.78 is 12.2. The second-order valence-electron chi connectivity index (χ2n) is 6.08. The van der Waals surface area contributed by atoms with Crippen LogP contribution in [-0.4, -0.2) is 25.3 Å². The molecule has 0 fully saturated rings. The molecule has 0 saturated heterocycles. The van der Waals surface area contributed by atoms with E-state index in [1.807, 2.05) is 55.5 Å². The topological polar surface area (TPSA) is 51.1 Å². The van der Waals surface area contributed by atoms with Gasteiger partial charge in [0.15, 0.2) is 11.5 Å². The van der Waals surface area contributed by atoms with Gasteiger partial charge in [0.25, 0.3) is 5.91 Å². The van der Waals surface area contributed by atoms with Crippen LogP contribution in [0.15, 0.2) is 53.1 Å². The predicted octanol–water partition coefficient (Wildman–Crippen LogP) is 4.89. The van der Waals surface area contributed by atoms with Crippen molar-refractivity contribution in [1.82, 2.24) is 0 Å². The van der Waals surface area contributed by atoms with Crippen LogP contribution < -0.4 is 14.5 Å². The zero-order chi connectivity index (χ0) is 19.4. The van der Waals surface area contributed by atoms with Gasteiger partial charge < -0.3 is 9.47 Å². The minimum atomic E-state index is -0.140. The molecule has 0 radical (unpaired) electrons. The van der Waals surface area contributed by atoms with Crippen LogP contribution >= 0.6 is 22.6 Å². The van der Waals surface area contributed by atoms with E-state index in [0.29, 0.717) is 23.6 Å². The Morgan fingerprint density at radius 2 is 1.96 bits per heavy atom. The largest absolute Gasteiger partial charge is 0.493 e. The van der Waals surface area contributed by atoms with Gasteiger partial charge in [0.2, 0.25) is 0 Å². The first-order valence-corrected chi connectivity index (χ1v) is 9.80. The van der Waals surface area contributed by atoms with Crippen molar-refractivity contribution in [3.63, 3.8) is 0 Å². The third-order valence-electron chi connectivity index (χ3n) is 4.08. The van der Waals surface area contributed by atoms with Gasteiger partial charge in [0, 0.05) is 0 Å². The molecule has 0 atom stereocenters. The molecule has 1 aliphatic heterocycles. The van der Waals surface area contributed by atoms with E-state index in [9.17, 15) is 4.79 Å². The zero-order valence-corrected chi connectivity index (χ0v) is 17.7. The maximum atomic E-state index is 12.9. The molecule has 0 aromatic heterocycles. The van der Waals surface area contributed by atoms with E-state index in [1.165, 1.54) is 5.01 Å². The summed E-state index contributed by atoms with van der Waals surface area (Å²) in [5.41, 5.74) is 2.87. The summed E-state index contributed by atoms with van der Waals surface area (Å²) in [4.78, 5) is 12.9. The van der Waals surface area contributed by atoms with Gasteiger partial charge in [-0.3, -0.25) is 4.79 Å². The molecule has 3 rings (SSSR count). The summed E-state index contributed by atoms with van der Waals surface area (Å²) in [5.74, 6) is 1.25. The monoisotopic (exact) mass is 476 g/mol. The minimum absolute atomic E-state index is 0.140. The molecular formula is C21H21IN2O3. The van der Waals surface area contributed by atoms with Crippen LogP contribution in [0.4, 0.5) is 5.69 Å². The lowest BCUT2D eigenvalue weighted by atomic mass is 10.1. The fraction of sp³-hybridized carbons (Fsp3) is 0.238. The van der Waals surface area contributed by atoms with Gasteiger partial charge in [-0.1, -0.05) is 25.1 Å². The molecule has 0 aliphatic carbocycles. The molecule has 27 heavy (non-hydrogen) atoms. The highest BCUT2D eigenvalue weighted by Gasteiger charge is 2.28. The first-order valence-electron chi connectivity index (χ1n) is 8.72. The Bertz CT molecular complexity index is 907. The lowest BCUT2D eigenvalue weighted by molar-refractivity contribution is -0.114. The van der Waals surface area contributed by atoms with E-state index in [0.717, 1.165) is 27.0 Å². The maximum Gasteiger partial charge on any atom is 0.280 e. The molecule has 5 nitrogen and oxygen atoms in total. The highest BCUT2D eigenvalue weighted by Crippen LogP contribution is 2.35. The average molecular weight is 476 g/mol.